The zero-order valence-corrected chi connectivity index (χ0v) is 17.3. The van der Waals surface area contributed by atoms with E-state index < -0.39 is 0 Å². The predicted molar refractivity (Wildman–Crippen MR) is 117 cm³/mol. The lowest BCUT2D eigenvalue weighted by molar-refractivity contribution is -0.109. The number of halogens is 2. The Morgan fingerprint density at radius 2 is 2.07 bits per heavy atom. The van der Waals surface area contributed by atoms with Crippen LogP contribution in [0.4, 0.5) is 17.3 Å². The maximum absolute atomic E-state index is 11.3. The number of carbonyl (C=O) groups excluding carboxylic acids is 1. The molecule has 148 valence electrons. The van der Waals surface area contributed by atoms with Crippen molar-refractivity contribution in [2.45, 2.75) is 6.04 Å². The van der Waals surface area contributed by atoms with Gasteiger partial charge in [0.25, 0.3) is 0 Å². The fourth-order valence-corrected chi connectivity index (χ4v) is 3.51. The van der Waals surface area contributed by atoms with Crippen LogP contribution >= 0.6 is 36.2 Å². The van der Waals surface area contributed by atoms with E-state index in [1.54, 1.807) is 23.7 Å². The first-order chi connectivity index (χ1) is 12.8. The van der Waals surface area contributed by atoms with Crippen LogP contribution < -0.4 is 15.5 Å². The van der Waals surface area contributed by atoms with E-state index in [2.05, 4.69) is 30.5 Å². The van der Waals surface area contributed by atoms with Crippen molar-refractivity contribution < 1.29 is 4.79 Å². The van der Waals surface area contributed by atoms with Crippen molar-refractivity contribution in [3.63, 3.8) is 0 Å². The highest BCUT2D eigenvalue weighted by Gasteiger charge is 2.21. The largest absolute Gasteiger partial charge is 0.358 e. The molecule has 0 saturated carbocycles. The number of pyridine rings is 2. The van der Waals surface area contributed by atoms with Gasteiger partial charge in [0, 0.05) is 31.2 Å². The molecule has 10 heteroatoms. The Kier molecular flexibility index (Phi) is 8.13. The average Bonchev–Trinajstić information content (AvgIpc) is 3.24. The molecule has 0 radical (unpaired) electrons. The van der Waals surface area contributed by atoms with Crippen LogP contribution in [0.5, 0.6) is 0 Å². The molecular formula is C18H20Cl2N6OS. The van der Waals surface area contributed by atoms with Crippen LogP contribution in [0.15, 0.2) is 48.1 Å². The second-order valence-electron chi connectivity index (χ2n) is 5.87. The number of hydrogen-bond acceptors (Lipinski definition) is 8. The minimum absolute atomic E-state index is 0. The minimum Gasteiger partial charge on any atom is -0.358 e. The molecule has 7 nitrogen and oxygen atoms in total. The summed E-state index contributed by atoms with van der Waals surface area (Å²) in [7, 11) is 0. The lowest BCUT2D eigenvalue weighted by atomic mass is 10.2. The first kappa shape index (κ1) is 22.0. The summed E-state index contributed by atoms with van der Waals surface area (Å²) in [5, 5.41) is 9.26. The summed E-state index contributed by atoms with van der Waals surface area (Å²) in [5.74, 6) is 1.42. The van der Waals surface area contributed by atoms with Gasteiger partial charge < -0.3 is 20.3 Å². The molecule has 1 aliphatic heterocycles. The first-order valence-corrected chi connectivity index (χ1v) is 9.24. The van der Waals surface area contributed by atoms with E-state index in [4.69, 9.17) is 0 Å². The number of nitrogens with zero attached hydrogens (tertiary/aromatic N) is 4. The second kappa shape index (κ2) is 10.3. The van der Waals surface area contributed by atoms with Crippen LogP contribution in [0, 0.1) is 0 Å². The number of carbonyl (C=O) groups is 1. The Morgan fingerprint density at radius 3 is 2.79 bits per heavy atom. The number of nitrogens with one attached hydrogen (secondary N) is 2. The zero-order chi connectivity index (χ0) is 17.8. The van der Waals surface area contributed by atoms with Gasteiger partial charge in [0.2, 0.25) is 0 Å². The fraction of sp³-hybridized carbons (Fsp3) is 0.222. The first-order valence-electron chi connectivity index (χ1n) is 8.36. The Balaban J connectivity index is 0.00000140. The Bertz CT molecular complexity index is 878. The quantitative estimate of drug-likeness (QED) is 0.591. The van der Waals surface area contributed by atoms with Crippen LogP contribution in [0.3, 0.4) is 0 Å². The Hall–Kier alpha value is -2.26. The van der Waals surface area contributed by atoms with Gasteiger partial charge in [-0.1, -0.05) is 6.07 Å². The molecule has 4 heterocycles. The molecule has 1 fully saturated rings. The Labute approximate surface area is 179 Å². The third-order valence-electron chi connectivity index (χ3n) is 4.18. The molecule has 0 amide bonds. The van der Waals surface area contributed by atoms with Crippen molar-refractivity contribution >= 4 is 59.8 Å². The van der Waals surface area contributed by atoms with Crippen molar-refractivity contribution in [3.8, 4) is 10.7 Å². The van der Waals surface area contributed by atoms with Crippen molar-refractivity contribution in [2.75, 3.05) is 29.9 Å². The van der Waals surface area contributed by atoms with Crippen LogP contribution in [0.1, 0.15) is 0 Å². The topological polar surface area (TPSA) is 83.0 Å². The van der Waals surface area contributed by atoms with Crippen molar-refractivity contribution in [3.05, 3.63) is 48.1 Å². The molecule has 1 atom stereocenters. The predicted octanol–water partition coefficient (Wildman–Crippen LogP) is 3.16. The van der Waals surface area contributed by atoms with Gasteiger partial charge in [-0.25, -0.2) is 15.0 Å². The third-order valence-corrected chi connectivity index (χ3v) is 4.97. The summed E-state index contributed by atoms with van der Waals surface area (Å²) in [6, 6.07) is 9.49. The van der Waals surface area contributed by atoms with Crippen molar-refractivity contribution in [2.24, 2.45) is 0 Å². The number of piperazine rings is 1. The summed E-state index contributed by atoms with van der Waals surface area (Å²) in [6.45, 7) is 2.31. The molecular weight excluding hydrogens is 419 g/mol. The molecule has 3 aromatic heterocycles. The van der Waals surface area contributed by atoms with Crippen LogP contribution in [-0.2, 0) is 4.79 Å². The van der Waals surface area contributed by atoms with Gasteiger partial charge >= 0.3 is 0 Å². The van der Waals surface area contributed by atoms with Gasteiger partial charge in [-0.05, 0) is 24.3 Å². The summed E-state index contributed by atoms with van der Waals surface area (Å²) < 4.78 is 0. The van der Waals surface area contributed by atoms with E-state index in [-0.39, 0.29) is 30.9 Å². The molecule has 0 spiro atoms. The van der Waals surface area contributed by atoms with Gasteiger partial charge in [0.15, 0.2) is 0 Å². The molecule has 2 N–H and O–H groups in total. The lowest BCUT2D eigenvalue weighted by Crippen LogP contribution is -2.52. The molecule has 28 heavy (non-hydrogen) atoms. The van der Waals surface area contributed by atoms with E-state index >= 15 is 0 Å². The second-order valence-corrected chi connectivity index (χ2v) is 6.77. The average molecular weight is 439 g/mol. The molecule has 0 aliphatic carbocycles. The highest BCUT2D eigenvalue weighted by atomic mass is 35.5. The van der Waals surface area contributed by atoms with E-state index in [0.29, 0.717) is 18.2 Å². The van der Waals surface area contributed by atoms with E-state index in [0.717, 1.165) is 35.8 Å². The number of aldehydes is 1. The van der Waals surface area contributed by atoms with Gasteiger partial charge in [-0.2, -0.15) is 0 Å². The summed E-state index contributed by atoms with van der Waals surface area (Å²) >= 11 is 1.55. The summed E-state index contributed by atoms with van der Waals surface area (Å²) in [6.07, 6.45) is 4.53. The van der Waals surface area contributed by atoms with Crippen LogP contribution in [0.2, 0.25) is 0 Å². The summed E-state index contributed by atoms with van der Waals surface area (Å²) in [4.78, 5) is 26.7. The van der Waals surface area contributed by atoms with Gasteiger partial charge in [-0.3, -0.25) is 0 Å². The normalized spacial score (nSPS) is 15.9. The number of anilines is 3. The van der Waals surface area contributed by atoms with Crippen LogP contribution in [-0.4, -0.2) is 46.9 Å². The Morgan fingerprint density at radius 1 is 1.18 bits per heavy atom. The SMILES string of the molecule is Cl.Cl.O=CC1CNCCN1c1ccc(Nc2cccc(-c3nccs3)n2)nc1. The number of rotatable bonds is 5. The van der Waals surface area contributed by atoms with E-state index in [1.807, 2.05) is 35.7 Å². The monoisotopic (exact) mass is 438 g/mol. The van der Waals surface area contributed by atoms with Crippen LogP contribution in [0.25, 0.3) is 10.7 Å². The summed E-state index contributed by atoms with van der Waals surface area (Å²) in [5.41, 5.74) is 1.77. The number of thiazole rings is 1. The van der Waals surface area contributed by atoms with Gasteiger partial charge in [0.05, 0.1) is 17.9 Å². The maximum Gasteiger partial charge on any atom is 0.143 e. The minimum atomic E-state index is -0.152. The van der Waals surface area contributed by atoms with Gasteiger partial charge in [0.1, 0.15) is 28.6 Å². The molecule has 1 unspecified atom stereocenters. The molecule has 3 aromatic rings. The number of hydrogen-bond donors (Lipinski definition) is 2. The van der Waals surface area contributed by atoms with Crippen molar-refractivity contribution in [1.82, 2.24) is 20.3 Å². The fourth-order valence-electron chi connectivity index (χ4n) is 2.90. The third kappa shape index (κ3) is 4.96. The van der Waals surface area contributed by atoms with Gasteiger partial charge in [-0.15, -0.1) is 36.2 Å². The molecule has 1 aliphatic rings. The highest BCUT2D eigenvalue weighted by molar-refractivity contribution is 7.13. The standard InChI is InChI=1S/C18H18N6OS.2ClH/c25-12-14-10-19-6-8-24(14)13-4-5-16(21-11-13)23-17-3-1-2-15(22-17)18-20-7-9-26-18;;/h1-5,7,9,11-12,14,19H,6,8,10H2,(H,21,22,23);2*1H. The smallest absolute Gasteiger partial charge is 0.143 e. The van der Waals surface area contributed by atoms with Crippen molar-refractivity contribution in [1.29, 1.82) is 0 Å². The number of aromatic nitrogens is 3. The maximum atomic E-state index is 11.3. The molecule has 4 rings (SSSR count). The van der Waals surface area contributed by atoms with E-state index in [9.17, 15) is 4.79 Å². The highest BCUT2D eigenvalue weighted by Crippen LogP contribution is 2.23. The molecule has 0 aromatic carbocycles. The van der Waals surface area contributed by atoms with E-state index in [1.165, 1.54) is 0 Å². The lowest BCUT2D eigenvalue weighted by Gasteiger charge is -2.34. The zero-order valence-electron chi connectivity index (χ0n) is 14.8. The molecule has 0 bridgehead atoms. The molecule has 1 saturated heterocycles.